The Bertz CT molecular complexity index is 746. The minimum absolute atomic E-state index is 1.08. The van der Waals surface area contributed by atoms with Crippen LogP contribution in [0, 0.1) is 0 Å². The molecule has 2 aromatic carbocycles. The zero-order chi connectivity index (χ0) is 10.5. The standard InChI is InChI=1S/C16H12/c1-3-11-7-9-16-14-6-2-4-12(14)8-10-15(16)13(11)5-1/h1,4-10H,2-3H2. The molecule has 0 unspecified atom stereocenters. The summed E-state index contributed by atoms with van der Waals surface area (Å²) in [5, 5.41) is 5.66. The van der Waals surface area contributed by atoms with Crippen molar-refractivity contribution < 1.29 is 0 Å². The minimum Gasteiger partial charge on any atom is -0.0795 e. The molecule has 0 heteroatoms. The molecule has 2 aliphatic rings. The van der Waals surface area contributed by atoms with Gasteiger partial charge in [0.1, 0.15) is 0 Å². The average molecular weight is 204 g/mol. The molecular weight excluding hydrogens is 192 g/mol. The van der Waals surface area contributed by atoms with Gasteiger partial charge in [0, 0.05) is 0 Å². The van der Waals surface area contributed by atoms with Gasteiger partial charge in [-0.3, -0.25) is 0 Å². The van der Waals surface area contributed by atoms with E-state index in [2.05, 4.69) is 48.6 Å². The highest BCUT2D eigenvalue weighted by Crippen LogP contribution is 2.26. The van der Waals surface area contributed by atoms with Gasteiger partial charge in [-0.1, -0.05) is 48.6 Å². The van der Waals surface area contributed by atoms with Crippen LogP contribution in [-0.4, -0.2) is 0 Å². The van der Waals surface area contributed by atoms with Gasteiger partial charge < -0.3 is 0 Å². The number of benzene rings is 2. The van der Waals surface area contributed by atoms with Crippen molar-refractivity contribution >= 4 is 29.0 Å². The van der Waals surface area contributed by atoms with E-state index >= 15 is 0 Å². The first kappa shape index (κ1) is 8.35. The van der Waals surface area contributed by atoms with Crippen molar-refractivity contribution in [1.29, 1.82) is 0 Å². The molecule has 0 heterocycles. The second kappa shape index (κ2) is 2.85. The summed E-state index contributed by atoms with van der Waals surface area (Å²) >= 11 is 0. The van der Waals surface area contributed by atoms with Crippen molar-refractivity contribution in [3.63, 3.8) is 0 Å². The molecule has 0 aromatic heterocycles. The Balaban J connectivity index is 2.29. The van der Waals surface area contributed by atoms with Crippen molar-refractivity contribution in [2.45, 2.75) is 12.8 Å². The Morgan fingerprint density at radius 2 is 1.81 bits per heavy atom. The van der Waals surface area contributed by atoms with Gasteiger partial charge >= 0.3 is 0 Å². The van der Waals surface area contributed by atoms with E-state index in [-0.39, 0.29) is 0 Å². The van der Waals surface area contributed by atoms with Crippen LogP contribution in [0.1, 0.15) is 17.5 Å². The number of fused-ring (bicyclic) bond motifs is 5. The Labute approximate surface area is 94.2 Å². The van der Waals surface area contributed by atoms with Crippen LogP contribution in [0.2, 0.25) is 0 Å². The van der Waals surface area contributed by atoms with E-state index in [1.165, 1.54) is 32.3 Å². The van der Waals surface area contributed by atoms with E-state index in [1.807, 2.05) is 0 Å². The molecule has 0 saturated carbocycles. The molecule has 4 rings (SSSR count). The van der Waals surface area contributed by atoms with E-state index in [1.54, 1.807) is 0 Å². The first-order valence-corrected chi connectivity index (χ1v) is 5.85. The molecule has 0 atom stereocenters. The fraction of sp³-hybridized carbons (Fsp3) is 0.125. The van der Waals surface area contributed by atoms with Crippen LogP contribution in [0.15, 0.2) is 30.3 Å². The summed E-state index contributed by atoms with van der Waals surface area (Å²) in [4.78, 5) is 0. The summed E-state index contributed by atoms with van der Waals surface area (Å²) in [6.07, 6.45) is 11.3. The van der Waals surface area contributed by atoms with Crippen LogP contribution in [0.5, 0.6) is 0 Å². The number of hydrogen-bond acceptors (Lipinski definition) is 0. The van der Waals surface area contributed by atoms with E-state index in [4.69, 9.17) is 0 Å². The zero-order valence-electron chi connectivity index (χ0n) is 9.03. The van der Waals surface area contributed by atoms with Gasteiger partial charge in [0.15, 0.2) is 0 Å². The number of hydrogen-bond donors (Lipinski definition) is 0. The lowest BCUT2D eigenvalue weighted by Gasteiger charge is -2.05. The van der Waals surface area contributed by atoms with Gasteiger partial charge in [-0.25, -0.2) is 0 Å². The maximum absolute atomic E-state index is 2.34. The molecule has 0 radical (unpaired) electrons. The Kier molecular flexibility index (Phi) is 1.49. The average Bonchev–Trinajstić information content (AvgIpc) is 2.96. The van der Waals surface area contributed by atoms with Crippen molar-refractivity contribution in [1.82, 2.24) is 0 Å². The quantitative estimate of drug-likeness (QED) is 0.618. The number of allylic oxidation sites excluding steroid dienone is 1. The summed E-state index contributed by atoms with van der Waals surface area (Å²) in [5.41, 5.74) is 2.90. The van der Waals surface area contributed by atoms with Gasteiger partial charge in [0.05, 0.1) is 0 Å². The number of rotatable bonds is 0. The van der Waals surface area contributed by atoms with Crippen LogP contribution in [0.3, 0.4) is 0 Å². The molecule has 76 valence electrons. The largest absolute Gasteiger partial charge is 0.0795 e. The van der Waals surface area contributed by atoms with E-state index in [0.29, 0.717) is 0 Å². The van der Waals surface area contributed by atoms with Crippen LogP contribution >= 0.6 is 0 Å². The van der Waals surface area contributed by atoms with Crippen LogP contribution in [0.4, 0.5) is 0 Å². The normalized spacial score (nSPS) is 15.8. The van der Waals surface area contributed by atoms with E-state index in [0.717, 1.165) is 12.8 Å². The van der Waals surface area contributed by atoms with Gasteiger partial charge in [0.2, 0.25) is 0 Å². The lowest BCUT2D eigenvalue weighted by Crippen LogP contribution is -2.21. The van der Waals surface area contributed by atoms with Crippen molar-refractivity contribution in [2.24, 2.45) is 0 Å². The van der Waals surface area contributed by atoms with Crippen LogP contribution in [0.25, 0.3) is 29.0 Å². The van der Waals surface area contributed by atoms with E-state index < -0.39 is 0 Å². The second-order valence-electron chi connectivity index (χ2n) is 4.55. The third kappa shape index (κ3) is 0.943. The fourth-order valence-corrected chi connectivity index (χ4v) is 2.90. The highest BCUT2D eigenvalue weighted by Gasteiger charge is 2.10. The molecule has 0 nitrogen and oxygen atoms in total. The Morgan fingerprint density at radius 3 is 2.81 bits per heavy atom. The predicted octanol–water partition coefficient (Wildman–Crippen LogP) is 2.37. The van der Waals surface area contributed by atoms with E-state index in [9.17, 15) is 0 Å². The van der Waals surface area contributed by atoms with Crippen molar-refractivity contribution in [3.05, 3.63) is 51.9 Å². The smallest absolute Gasteiger partial charge is 0.00879 e. The highest BCUT2D eigenvalue weighted by molar-refractivity contribution is 5.94. The Morgan fingerprint density at radius 1 is 0.875 bits per heavy atom. The maximum Gasteiger partial charge on any atom is -0.00879 e. The first-order valence-electron chi connectivity index (χ1n) is 5.85. The Hall–Kier alpha value is -1.82. The van der Waals surface area contributed by atoms with Crippen molar-refractivity contribution in [3.8, 4) is 0 Å². The van der Waals surface area contributed by atoms with Crippen LogP contribution in [-0.2, 0) is 6.42 Å². The minimum atomic E-state index is 1.08. The molecule has 0 aliphatic heterocycles. The summed E-state index contributed by atoms with van der Waals surface area (Å²) in [6, 6.07) is 9.10. The predicted molar refractivity (Wildman–Crippen MR) is 69.5 cm³/mol. The molecule has 0 spiro atoms. The monoisotopic (exact) mass is 204 g/mol. The van der Waals surface area contributed by atoms with Gasteiger partial charge in [-0.15, -0.1) is 0 Å². The maximum atomic E-state index is 2.34. The molecule has 0 N–H and O–H groups in total. The fourth-order valence-electron chi connectivity index (χ4n) is 2.90. The highest BCUT2D eigenvalue weighted by atomic mass is 14.1. The summed E-state index contributed by atoms with van der Waals surface area (Å²) in [6.45, 7) is 0. The first-order chi connectivity index (χ1) is 7.93. The lowest BCUT2D eigenvalue weighted by atomic mass is 9.99. The molecule has 0 amide bonds. The third-order valence-corrected chi connectivity index (χ3v) is 3.69. The SMILES string of the molecule is C1=Cc2c(ccc3c4c(ccc23)=CCC=4)C1. The van der Waals surface area contributed by atoms with Gasteiger partial charge in [-0.2, -0.15) is 0 Å². The molecule has 0 fully saturated rings. The topological polar surface area (TPSA) is 0 Å². The molecule has 2 aliphatic carbocycles. The molecule has 16 heavy (non-hydrogen) atoms. The van der Waals surface area contributed by atoms with Gasteiger partial charge in [-0.05, 0) is 45.2 Å². The second-order valence-corrected chi connectivity index (χ2v) is 4.55. The summed E-state index contributed by atoms with van der Waals surface area (Å²) < 4.78 is 0. The van der Waals surface area contributed by atoms with Crippen LogP contribution < -0.4 is 10.4 Å². The molecule has 0 saturated heterocycles. The van der Waals surface area contributed by atoms with Gasteiger partial charge in [0.25, 0.3) is 0 Å². The molecular formula is C16H12. The third-order valence-electron chi connectivity index (χ3n) is 3.69. The summed E-state index contributed by atoms with van der Waals surface area (Å²) in [5.74, 6) is 0. The molecule has 0 bridgehead atoms. The lowest BCUT2D eigenvalue weighted by molar-refractivity contribution is 1.32. The summed E-state index contributed by atoms with van der Waals surface area (Å²) in [7, 11) is 0. The molecule has 2 aromatic rings. The van der Waals surface area contributed by atoms with Crippen molar-refractivity contribution in [2.75, 3.05) is 0 Å². The zero-order valence-corrected chi connectivity index (χ0v) is 9.03.